The highest BCUT2D eigenvalue weighted by Gasteiger charge is 2.26. The Morgan fingerprint density at radius 1 is 1.32 bits per heavy atom. The summed E-state index contributed by atoms with van der Waals surface area (Å²) in [6.07, 6.45) is 8.41. The molecule has 1 fully saturated rings. The predicted molar refractivity (Wildman–Crippen MR) is 82.8 cm³/mol. The summed E-state index contributed by atoms with van der Waals surface area (Å²) in [4.78, 5) is 34.3. The number of hydrogen-bond acceptors (Lipinski definition) is 4. The standard InChI is InChI=1S/C15H21N5O2/c1-2-3-4-5-12(16)14(21)19-8-10-20(11-9-19)15(22)13-17-6-7-18-13/h4-7,16H,2-3,8-11H2,1H3,(H,17,18). The van der Waals surface area contributed by atoms with Crippen molar-refractivity contribution in [3.05, 3.63) is 30.4 Å². The summed E-state index contributed by atoms with van der Waals surface area (Å²) in [6, 6.07) is 0. The smallest absolute Gasteiger partial charge is 0.289 e. The lowest BCUT2D eigenvalue weighted by Gasteiger charge is -2.34. The van der Waals surface area contributed by atoms with Gasteiger partial charge in [0.25, 0.3) is 11.8 Å². The summed E-state index contributed by atoms with van der Waals surface area (Å²) < 4.78 is 0. The van der Waals surface area contributed by atoms with Crippen molar-refractivity contribution in [3.8, 4) is 0 Å². The highest BCUT2D eigenvalue weighted by Crippen LogP contribution is 2.07. The molecule has 1 saturated heterocycles. The fourth-order valence-corrected chi connectivity index (χ4v) is 2.25. The molecule has 1 aromatic rings. The van der Waals surface area contributed by atoms with Crippen molar-refractivity contribution in [1.29, 1.82) is 5.41 Å². The average Bonchev–Trinajstić information content (AvgIpc) is 3.08. The van der Waals surface area contributed by atoms with Crippen LogP contribution < -0.4 is 0 Å². The first-order valence-corrected chi connectivity index (χ1v) is 7.46. The highest BCUT2D eigenvalue weighted by molar-refractivity contribution is 6.41. The molecule has 0 atom stereocenters. The van der Waals surface area contributed by atoms with Crippen molar-refractivity contribution in [2.75, 3.05) is 26.2 Å². The van der Waals surface area contributed by atoms with E-state index < -0.39 is 0 Å². The van der Waals surface area contributed by atoms with Crippen molar-refractivity contribution in [3.63, 3.8) is 0 Å². The summed E-state index contributed by atoms with van der Waals surface area (Å²) in [7, 11) is 0. The predicted octanol–water partition coefficient (Wildman–Crippen LogP) is 1.07. The van der Waals surface area contributed by atoms with Crippen LogP contribution in [0.25, 0.3) is 0 Å². The van der Waals surface area contributed by atoms with E-state index in [1.807, 2.05) is 13.0 Å². The second-order valence-corrected chi connectivity index (χ2v) is 5.13. The number of carbonyl (C=O) groups is 2. The SMILES string of the molecule is CCCC=CC(=N)C(=O)N1CCN(C(=O)c2ncc[nH]2)CC1. The molecule has 2 N–H and O–H groups in total. The fraction of sp³-hybridized carbons (Fsp3) is 0.467. The second kappa shape index (κ2) is 7.53. The van der Waals surface area contributed by atoms with Gasteiger partial charge in [0.2, 0.25) is 0 Å². The van der Waals surface area contributed by atoms with Gasteiger partial charge in [-0.1, -0.05) is 19.4 Å². The number of piperazine rings is 1. The van der Waals surface area contributed by atoms with E-state index in [4.69, 9.17) is 5.41 Å². The maximum atomic E-state index is 12.1. The summed E-state index contributed by atoms with van der Waals surface area (Å²) in [5.41, 5.74) is -0.000684. The Morgan fingerprint density at radius 2 is 2.00 bits per heavy atom. The van der Waals surface area contributed by atoms with E-state index in [1.165, 1.54) is 6.20 Å². The van der Waals surface area contributed by atoms with Gasteiger partial charge in [0.05, 0.1) is 0 Å². The minimum Gasteiger partial charge on any atom is -0.341 e. The van der Waals surface area contributed by atoms with Gasteiger partial charge in [-0.3, -0.25) is 15.0 Å². The monoisotopic (exact) mass is 303 g/mol. The first kappa shape index (κ1) is 15.9. The molecular weight excluding hydrogens is 282 g/mol. The topological polar surface area (TPSA) is 93.2 Å². The molecule has 118 valence electrons. The molecule has 22 heavy (non-hydrogen) atoms. The molecule has 0 aliphatic carbocycles. The molecule has 0 saturated carbocycles. The van der Waals surface area contributed by atoms with Gasteiger partial charge >= 0.3 is 0 Å². The molecule has 0 bridgehead atoms. The molecule has 1 aliphatic rings. The maximum absolute atomic E-state index is 12.1. The number of aromatic nitrogens is 2. The minimum absolute atomic E-state index is 0.000684. The van der Waals surface area contributed by atoms with Crippen LogP contribution in [0.1, 0.15) is 30.4 Å². The molecule has 0 aromatic carbocycles. The van der Waals surface area contributed by atoms with E-state index in [0.29, 0.717) is 32.0 Å². The van der Waals surface area contributed by atoms with E-state index in [0.717, 1.165) is 12.8 Å². The van der Waals surface area contributed by atoms with Crippen molar-refractivity contribution in [2.24, 2.45) is 0 Å². The summed E-state index contributed by atoms with van der Waals surface area (Å²) in [5.74, 6) is -0.123. The van der Waals surface area contributed by atoms with Crippen molar-refractivity contribution in [1.82, 2.24) is 19.8 Å². The Hall–Kier alpha value is -2.44. The quantitative estimate of drug-likeness (QED) is 0.797. The van der Waals surface area contributed by atoms with Crippen LogP contribution in [0.4, 0.5) is 0 Å². The number of amides is 2. The first-order chi connectivity index (χ1) is 10.6. The van der Waals surface area contributed by atoms with E-state index >= 15 is 0 Å². The number of nitrogens with zero attached hydrogens (tertiary/aromatic N) is 3. The second-order valence-electron chi connectivity index (χ2n) is 5.13. The summed E-state index contributed by atoms with van der Waals surface area (Å²) in [5, 5.41) is 7.78. The largest absolute Gasteiger partial charge is 0.341 e. The van der Waals surface area contributed by atoms with Crippen LogP contribution >= 0.6 is 0 Å². The van der Waals surface area contributed by atoms with E-state index in [1.54, 1.807) is 22.1 Å². The number of rotatable bonds is 5. The molecule has 0 spiro atoms. The Bertz CT molecular complexity index is 556. The van der Waals surface area contributed by atoms with Crippen molar-refractivity contribution < 1.29 is 9.59 Å². The first-order valence-electron chi connectivity index (χ1n) is 7.46. The Balaban J connectivity index is 1.85. The van der Waals surface area contributed by atoms with Crippen LogP contribution in [0.2, 0.25) is 0 Å². The number of allylic oxidation sites excluding steroid dienone is 1. The average molecular weight is 303 g/mol. The summed E-state index contributed by atoms with van der Waals surface area (Å²) >= 11 is 0. The number of hydrogen-bond donors (Lipinski definition) is 2. The molecule has 0 radical (unpaired) electrons. The van der Waals surface area contributed by atoms with E-state index in [9.17, 15) is 9.59 Å². The number of aromatic amines is 1. The molecule has 2 amide bonds. The van der Waals surface area contributed by atoms with Gasteiger partial charge in [-0.15, -0.1) is 0 Å². The van der Waals surface area contributed by atoms with Crippen molar-refractivity contribution in [2.45, 2.75) is 19.8 Å². The third-order valence-electron chi connectivity index (χ3n) is 3.53. The number of carbonyl (C=O) groups excluding carboxylic acids is 2. The number of nitrogens with one attached hydrogen (secondary N) is 2. The van der Waals surface area contributed by atoms with Crippen LogP contribution in [0, 0.1) is 5.41 Å². The lowest BCUT2D eigenvalue weighted by molar-refractivity contribution is -0.125. The Kier molecular flexibility index (Phi) is 5.46. The zero-order valence-corrected chi connectivity index (χ0v) is 12.7. The third-order valence-corrected chi connectivity index (χ3v) is 3.53. The number of H-pyrrole nitrogens is 1. The highest BCUT2D eigenvalue weighted by atomic mass is 16.2. The van der Waals surface area contributed by atoms with Crippen molar-refractivity contribution >= 4 is 17.5 Å². The molecule has 2 heterocycles. The zero-order chi connectivity index (χ0) is 15.9. The molecule has 7 heteroatoms. The van der Waals surface area contributed by atoms with Gasteiger partial charge in [0.1, 0.15) is 5.71 Å². The third kappa shape index (κ3) is 3.81. The molecular formula is C15H21N5O2. The van der Waals surface area contributed by atoms with Crippen LogP contribution in [-0.2, 0) is 4.79 Å². The number of unbranched alkanes of at least 4 members (excludes halogenated alkanes) is 1. The van der Waals surface area contributed by atoms with E-state index in [2.05, 4.69) is 9.97 Å². The van der Waals surface area contributed by atoms with Gasteiger partial charge in [-0.2, -0.15) is 0 Å². The molecule has 1 aliphatic heterocycles. The molecule has 2 rings (SSSR count). The van der Waals surface area contributed by atoms with Gasteiger partial charge in [-0.05, 0) is 12.5 Å². The maximum Gasteiger partial charge on any atom is 0.289 e. The Labute approximate surface area is 129 Å². The van der Waals surface area contributed by atoms with Crippen LogP contribution in [0.15, 0.2) is 24.5 Å². The molecule has 0 unspecified atom stereocenters. The summed E-state index contributed by atoms with van der Waals surface area (Å²) in [6.45, 7) is 3.84. The normalized spacial score (nSPS) is 15.3. The fourth-order valence-electron chi connectivity index (χ4n) is 2.25. The molecule has 1 aromatic heterocycles. The lowest BCUT2D eigenvalue weighted by Crippen LogP contribution is -2.52. The zero-order valence-electron chi connectivity index (χ0n) is 12.7. The van der Waals surface area contributed by atoms with Gasteiger partial charge < -0.3 is 14.8 Å². The van der Waals surface area contributed by atoms with E-state index in [-0.39, 0.29) is 17.5 Å². The van der Waals surface area contributed by atoms with Gasteiger partial charge in [0.15, 0.2) is 5.82 Å². The van der Waals surface area contributed by atoms with Crippen LogP contribution in [-0.4, -0.2) is 63.5 Å². The Morgan fingerprint density at radius 3 is 2.59 bits per heavy atom. The van der Waals surface area contributed by atoms with Crippen LogP contribution in [0.3, 0.4) is 0 Å². The van der Waals surface area contributed by atoms with Gasteiger partial charge in [0, 0.05) is 38.6 Å². The number of imidazole rings is 1. The van der Waals surface area contributed by atoms with Crippen LogP contribution in [0.5, 0.6) is 0 Å². The van der Waals surface area contributed by atoms with Gasteiger partial charge in [-0.25, -0.2) is 4.98 Å². The molecule has 7 nitrogen and oxygen atoms in total. The lowest BCUT2D eigenvalue weighted by atomic mass is 10.2. The minimum atomic E-state index is -0.280.